The molecule has 69 heavy (non-hydrogen) atoms. The number of nitrogens with zero attached hydrogens (tertiary/aromatic N) is 3. The zero-order chi connectivity index (χ0) is 51.8. The van der Waals surface area contributed by atoms with Crippen molar-refractivity contribution in [2.75, 3.05) is 33.0 Å². The normalized spacial score (nSPS) is 26.9. The van der Waals surface area contributed by atoms with Gasteiger partial charge in [0.15, 0.2) is 6.61 Å². The molecule has 388 valence electrons. The van der Waals surface area contributed by atoms with E-state index in [4.69, 9.17) is 23.7 Å². The molecule has 21 heteroatoms. The molecule has 1 heterocycles. The second-order valence-electron chi connectivity index (χ2n) is 22.8. The topological polar surface area (TPSA) is 234 Å². The van der Waals surface area contributed by atoms with E-state index < -0.39 is 111 Å². The third-order valence-corrected chi connectivity index (χ3v) is 13.1. The zero-order valence-corrected chi connectivity index (χ0v) is 41.8. The minimum absolute atomic E-state index is 0.123. The summed E-state index contributed by atoms with van der Waals surface area (Å²) in [5, 5.41) is 8.49. The summed E-state index contributed by atoms with van der Waals surface area (Å²) in [6.07, 6.45) is 0.667. The smallest absolute Gasteiger partial charge is 0.407 e. The summed E-state index contributed by atoms with van der Waals surface area (Å²) < 4.78 is 54.1. The predicted molar refractivity (Wildman–Crippen MR) is 250 cm³/mol. The van der Waals surface area contributed by atoms with E-state index in [1.807, 2.05) is 62.3 Å². The predicted octanol–water partition coefficient (Wildman–Crippen LogP) is 5.83. The average Bonchev–Trinajstić information content (AvgIpc) is 3.19. The molecule has 1 aromatic rings. The van der Waals surface area contributed by atoms with Crippen LogP contribution in [-0.2, 0) is 52.9 Å². The van der Waals surface area contributed by atoms with Crippen LogP contribution in [0.5, 0.6) is 0 Å². The van der Waals surface area contributed by atoms with Crippen molar-refractivity contribution in [2.24, 2.45) is 32.5 Å². The van der Waals surface area contributed by atoms with E-state index >= 15 is 0 Å². The molecule has 4 rings (SSSR count). The molecular formula is C48H74F2N6O13. The Morgan fingerprint density at radius 3 is 1.07 bits per heavy atom. The molecule has 0 saturated heterocycles. The minimum Gasteiger partial charge on any atom is -0.459 e. The van der Waals surface area contributed by atoms with Gasteiger partial charge in [-0.2, -0.15) is 0 Å². The summed E-state index contributed by atoms with van der Waals surface area (Å²) >= 11 is 0. The van der Waals surface area contributed by atoms with Crippen LogP contribution in [0.25, 0.3) is 0 Å². The Morgan fingerprint density at radius 2 is 0.797 bits per heavy atom. The van der Waals surface area contributed by atoms with Gasteiger partial charge in [-0.25, -0.2) is 60.8 Å². The molecule has 6 atom stereocenters. The highest BCUT2D eigenvalue weighted by Gasteiger charge is 2.47. The highest BCUT2D eigenvalue weighted by molar-refractivity contribution is 5.81. The van der Waals surface area contributed by atoms with Crippen molar-refractivity contribution >= 4 is 30.2 Å². The molecule has 19 nitrogen and oxygen atoms in total. The molecule has 3 fully saturated rings. The molecule has 0 radical (unpaired) electrons. The van der Waals surface area contributed by atoms with Crippen LogP contribution in [0, 0.1) is 32.5 Å². The number of amides is 3. The molecule has 3 saturated carbocycles. The first kappa shape index (κ1) is 56.1. The lowest BCUT2D eigenvalue weighted by atomic mass is 9.62. The van der Waals surface area contributed by atoms with Gasteiger partial charge in [-0.1, -0.05) is 75.5 Å². The SMILES string of the molecule is C=CC(=O)OCCOC(=O)NC1CC(C)(C)CC(C)(Cn2c(=O)n(CC3(C)CC(NC(=O)OCCOC(=O)C=C)CC(C)(C)C3)c(=O)n(CC3(C)CC(NC(=O)OCC(F)F)CC(C)(C)C3)c2=O)C1. The number of hydrogen-bond donors (Lipinski definition) is 3. The van der Waals surface area contributed by atoms with Gasteiger partial charge in [-0.3, -0.25) is 0 Å². The number of aromatic nitrogens is 3. The largest absolute Gasteiger partial charge is 0.459 e. The van der Waals surface area contributed by atoms with E-state index in [2.05, 4.69) is 29.1 Å². The van der Waals surface area contributed by atoms with Gasteiger partial charge in [0.2, 0.25) is 0 Å². The van der Waals surface area contributed by atoms with Crippen LogP contribution in [0.4, 0.5) is 23.2 Å². The van der Waals surface area contributed by atoms with E-state index in [1.54, 1.807) is 0 Å². The fraction of sp³-hybridized carbons (Fsp3) is 0.750. The Labute approximate surface area is 402 Å². The monoisotopic (exact) mass is 981 g/mol. The Bertz CT molecular complexity index is 2140. The van der Waals surface area contributed by atoms with Gasteiger partial charge in [0.1, 0.15) is 26.4 Å². The molecule has 3 amide bonds. The average molecular weight is 981 g/mol. The number of alkyl carbamates (subject to hydrolysis) is 3. The van der Waals surface area contributed by atoms with Crippen molar-refractivity contribution in [3.05, 3.63) is 56.8 Å². The Hall–Kier alpha value is -5.50. The summed E-state index contributed by atoms with van der Waals surface area (Å²) in [6, 6.07) is -1.46. The number of halogens is 2. The maximum atomic E-state index is 15.0. The Balaban J connectivity index is 1.73. The first-order valence-corrected chi connectivity index (χ1v) is 23.5. The molecule has 1 aromatic heterocycles. The molecule has 6 unspecified atom stereocenters. The van der Waals surface area contributed by atoms with Crippen molar-refractivity contribution in [1.29, 1.82) is 0 Å². The van der Waals surface area contributed by atoms with Crippen LogP contribution >= 0.6 is 0 Å². The molecule has 0 aliphatic heterocycles. The lowest BCUT2D eigenvalue weighted by Gasteiger charge is -2.48. The number of nitrogens with one attached hydrogen (secondary N) is 3. The van der Waals surface area contributed by atoms with Gasteiger partial charge in [-0.15, -0.1) is 0 Å². The van der Waals surface area contributed by atoms with Gasteiger partial charge in [0.05, 0.1) is 0 Å². The summed E-state index contributed by atoms with van der Waals surface area (Å²) in [5.41, 5.74) is -6.15. The van der Waals surface area contributed by atoms with Crippen LogP contribution in [-0.4, -0.2) is 102 Å². The molecule has 0 spiro atoms. The number of esters is 2. The molecule has 3 N–H and O–H groups in total. The second kappa shape index (κ2) is 22.5. The Kier molecular flexibility index (Phi) is 18.3. The van der Waals surface area contributed by atoms with E-state index in [9.17, 15) is 47.1 Å². The van der Waals surface area contributed by atoms with Gasteiger partial charge in [-0.05, 0) is 90.3 Å². The number of hydrogen-bond acceptors (Lipinski definition) is 13. The van der Waals surface area contributed by atoms with Crippen LogP contribution in [0.1, 0.15) is 120 Å². The number of carbonyl (C=O) groups excluding carboxylic acids is 5. The van der Waals surface area contributed by atoms with Crippen LogP contribution < -0.4 is 33.0 Å². The van der Waals surface area contributed by atoms with Gasteiger partial charge >= 0.3 is 47.3 Å². The van der Waals surface area contributed by atoms with Crippen LogP contribution in [0.2, 0.25) is 0 Å². The van der Waals surface area contributed by atoms with Crippen LogP contribution in [0.3, 0.4) is 0 Å². The maximum absolute atomic E-state index is 15.0. The maximum Gasteiger partial charge on any atom is 0.407 e. The van der Waals surface area contributed by atoms with Crippen molar-refractivity contribution in [2.45, 2.75) is 164 Å². The Morgan fingerprint density at radius 1 is 0.522 bits per heavy atom. The van der Waals surface area contributed by atoms with Crippen LogP contribution in [0.15, 0.2) is 39.7 Å². The van der Waals surface area contributed by atoms with E-state index in [1.165, 1.54) is 0 Å². The number of carbonyl (C=O) groups is 5. The molecule has 3 aliphatic carbocycles. The van der Waals surface area contributed by atoms with E-state index in [0.29, 0.717) is 51.4 Å². The first-order chi connectivity index (χ1) is 31.9. The summed E-state index contributed by atoms with van der Waals surface area (Å²) in [4.78, 5) is 106. The van der Waals surface area contributed by atoms with Gasteiger partial charge < -0.3 is 39.6 Å². The first-order valence-electron chi connectivity index (χ1n) is 23.5. The van der Waals surface area contributed by atoms with Gasteiger partial charge in [0, 0.05) is 49.9 Å². The second-order valence-corrected chi connectivity index (χ2v) is 22.8. The summed E-state index contributed by atoms with van der Waals surface area (Å²) in [5.74, 6) is -1.32. The van der Waals surface area contributed by atoms with Crippen molar-refractivity contribution in [3.63, 3.8) is 0 Å². The zero-order valence-electron chi connectivity index (χ0n) is 41.8. The van der Waals surface area contributed by atoms with Crippen molar-refractivity contribution < 1.29 is 56.4 Å². The quantitative estimate of drug-likeness (QED) is 0.0642. The van der Waals surface area contributed by atoms with E-state index in [0.717, 1.165) is 25.9 Å². The third kappa shape index (κ3) is 16.9. The number of alkyl halides is 2. The van der Waals surface area contributed by atoms with Gasteiger partial charge in [0.25, 0.3) is 6.43 Å². The standard InChI is InChI=1S/C48H74F2N6O13/c1-12-35(57)65-14-16-67-37(59)51-31-18-43(3,4)25-46(9,21-31)28-54-40(62)55(29-47(10)22-32(19-44(5,6)26-47)52-38(60)68-17-15-66-36(58)13-2)42(64)56(41(54)63)30-48(11)23-33(20-45(7,8)27-48)53-39(61)69-24-34(49)50/h12-13,31-34H,1-2,14-30H2,3-11H3,(H,51,59)(H,52,60)(H,53,61). The van der Waals surface area contributed by atoms with Crippen molar-refractivity contribution in [1.82, 2.24) is 29.7 Å². The molecule has 3 aliphatic rings. The summed E-state index contributed by atoms with van der Waals surface area (Å²) in [7, 11) is 0. The molecule has 0 bridgehead atoms. The third-order valence-electron chi connectivity index (χ3n) is 13.1. The number of rotatable bonds is 19. The lowest BCUT2D eigenvalue weighted by Crippen LogP contribution is -2.60. The fourth-order valence-electron chi connectivity index (χ4n) is 12.2. The summed E-state index contributed by atoms with van der Waals surface area (Å²) in [6.45, 7) is 22.2. The minimum atomic E-state index is -2.85. The highest BCUT2D eigenvalue weighted by atomic mass is 19.3. The highest BCUT2D eigenvalue weighted by Crippen LogP contribution is 2.49. The molecule has 0 aromatic carbocycles. The number of ether oxygens (including phenoxy) is 5. The van der Waals surface area contributed by atoms with Crippen molar-refractivity contribution in [3.8, 4) is 0 Å². The fourth-order valence-corrected chi connectivity index (χ4v) is 12.2. The lowest BCUT2D eigenvalue weighted by molar-refractivity contribution is -0.139. The van der Waals surface area contributed by atoms with E-state index in [-0.39, 0.29) is 52.5 Å². The molecular weight excluding hydrogens is 907 g/mol.